The summed E-state index contributed by atoms with van der Waals surface area (Å²) in [5.41, 5.74) is -0.206. The molecule has 37 heavy (non-hydrogen) atoms. The zero-order valence-corrected chi connectivity index (χ0v) is 24.1. The molecule has 9 nitrogen and oxygen atoms in total. The third kappa shape index (κ3) is 6.10. The highest BCUT2D eigenvalue weighted by Gasteiger charge is 2.47. The minimum atomic E-state index is -0.121. The smallest absolute Gasteiger partial charge is 0.226 e. The summed E-state index contributed by atoms with van der Waals surface area (Å²) < 4.78 is 5.81. The van der Waals surface area contributed by atoms with Crippen LogP contribution in [0.4, 0.5) is 0 Å². The number of hydrogen-bond donors (Lipinski definition) is 5. The van der Waals surface area contributed by atoms with Crippen molar-refractivity contribution in [2.45, 2.75) is 80.5 Å². The lowest BCUT2D eigenvalue weighted by Gasteiger charge is -2.45. The van der Waals surface area contributed by atoms with E-state index in [1.807, 2.05) is 0 Å². The summed E-state index contributed by atoms with van der Waals surface area (Å²) in [6.07, 6.45) is 2.72. The molecule has 12 unspecified atom stereocenters. The molecule has 5 aliphatic heterocycles. The highest BCUT2D eigenvalue weighted by atomic mass is 35.5. The molecule has 0 radical (unpaired) electrons. The van der Waals surface area contributed by atoms with Crippen LogP contribution in [0, 0.1) is 29.6 Å². The normalized spacial score (nSPS) is 46.5. The number of carbonyl (C=O) groups is 2. The molecule has 0 aromatic heterocycles. The Labute approximate surface area is 230 Å². The van der Waals surface area contributed by atoms with Gasteiger partial charge in [-0.15, -0.1) is 23.4 Å². The van der Waals surface area contributed by atoms with E-state index in [-0.39, 0.29) is 52.7 Å². The predicted octanol–water partition coefficient (Wildman–Crippen LogP) is 0.740. The van der Waals surface area contributed by atoms with Gasteiger partial charge in [-0.25, -0.2) is 0 Å². The lowest BCUT2D eigenvalue weighted by atomic mass is 9.70. The van der Waals surface area contributed by atoms with Crippen LogP contribution < -0.4 is 26.6 Å². The number of ether oxygens (including phenoxy) is 1. The molecular weight excluding hydrogens is 512 g/mol. The Balaban J connectivity index is 1.16. The van der Waals surface area contributed by atoms with Crippen LogP contribution in [0.5, 0.6) is 0 Å². The molecule has 12 atom stereocenters. The molecule has 0 spiro atoms. The number of methoxy groups -OCH3 is 1. The Morgan fingerprint density at radius 3 is 2.46 bits per heavy atom. The van der Waals surface area contributed by atoms with Crippen molar-refractivity contribution < 1.29 is 14.3 Å². The molecule has 0 aromatic carbocycles. The van der Waals surface area contributed by atoms with Crippen molar-refractivity contribution in [3.05, 3.63) is 0 Å². The quantitative estimate of drug-likeness (QED) is 0.249. The fourth-order valence-corrected chi connectivity index (χ4v) is 8.95. The number of nitrogens with zero attached hydrogens (tertiary/aromatic N) is 1. The number of hydrogen-bond acceptors (Lipinski definition) is 8. The van der Waals surface area contributed by atoms with E-state index >= 15 is 0 Å². The van der Waals surface area contributed by atoms with Crippen LogP contribution in [0.3, 0.4) is 0 Å². The molecule has 2 amide bonds. The van der Waals surface area contributed by atoms with Gasteiger partial charge in [0.25, 0.3) is 0 Å². The predicted molar refractivity (Wildman–Crippen MR) is 147 cm³/mol. The minimum Gasteiger partial charge on any atom is -0.380 e. The highest BCUT2D eigenvalue weighted by molar-refractivity contribution is 8.00. The van der Waals surface area contributed by atoms with Gasteiger partial charge < -0.3 is 25.6 Å². The van der Waals surface area contributed by atoms with Gasteiger partial charge in [-0.05, 0) is 57.4 Å². The van der Waals surface area contributed by atoms with Crippen LogP contribution in [-0.2, 0) is 14.3 Å². The maximum absolute atomic E-state index is 13.6. The van der Waals surface area contributed by atoms with Crippen molar-refractivity contribution in [3.8, 4) is 0 Å². The average Bonchev–Trinajstić information content (AvgIpc) is 3.43. The number of piperidine rings is 3. The first-order valence-corrected chi connectivity index (χ1v) is 15.5. The van der Waals surface area contributed by atoms with Gasteiger partial charge in [0.2, 0.25) is 11.8 Å². The van der Waals surface area contributed by atoms with E-state index in [9.17, 15) is 9.59 Å². The molecule has 0 bridgehead atoms. The van der Waals surface area contributed by atoms with E-state index in [4.69, 9.17) is 16.3 Å². The number of nitrogens with one attached hydrogen (secondary N) is 5. The molecule has 0 aromatic rings. The Kier molecular flexibility index (Phi) is 8.95. The van der Waals surface area contributed by atoms with Crippen LogP contribution in [-0.4, -0.2) is 97.0 Å². The summed E-state index contributed by atoms with van der Waals surface area (Å²) in [4.78, 5) is 28.9. The van der Waals surface area contributed by atoms with E-state index in [2.05, 4.69) is 52.3 Å². The van der Waals surface area contributed by atoms with Gasteiger partial charge in [0.15, 0.2) is 0 Å². The Hall–Kier alpha value is -0.620. The van der Waals surface area contributed by atoms with E-state index in [0.29, 0.717) is 35.7 Å². The lowest BCUT2D eigenvalue weighted by molar-refractivity contribution is -0.137. The lowest BCUT2D eigenvalue weighted by Crippen LogP contribution is -2.57. The molecule has 5 heterocycles. The van der Waals surface area contributed by atoms with Crippen molar-refractivity contribution >= 4 is 35.2 Å². The topological polar surface area (TPSA) is 107 Å². The van der Waals surface area contributed by atoms with Crippen LogP contribution in [0.15, 0.2) is 0 Å². The van der Waals surface area contributed by atoms with Gasteiger partial charge in [0.05, 0.1) is 17.5 Å². The summed E-state index contributed by atoms with van der Waals surface area (Å²) >= 11 is 8.24. The Bertz CT molecular complexity index is 826. The zero-order valence-electron chi connectivity index (χ0n) is 22.5. The van der Waals surface area contributed by atoms with Crippen molar-refractivity contribution in [3.63, 3.8) is 0 Å². The maximum Gasteiger partial charge on any atom is 0.226 e. The number of amides is 2. The fourth-order valence-electron chi connectivity index (χ4n) is 7.25. The molecule has 5 aliphatic rings. The number of thioether (sulfide) groups is 1. The fraction of sp³-hybridized carbons (Fsp3) is 0.923. The SMILES string of the molecule is COC1CNC(Cl)CC1C1CC(C)NCC1C(=O)NC1NC2CN(C(=O)C3CC(C)NCC3C)CC2S1. The molecule has 11 heteroatoms. The zero-order chi connectivity index (χ0) is 26.3. The van der Waals surface area contributed by atoms with Crippen molar-refractivity contribution in [2.75, 3.05) is 39.8 Å². The van der Waals surface area contributed by atoms with Gasteiger partial charge in [-0.1, -0.05) is 6.92 Å². The average molecular weight is 557 g/mol. The van der Waals surface area contributed by atoms with Crippen molar-refractivity contribution in [1.29, 1.82) is 0 Å². The summed E-state index contributed by atoms with van der Waals surface area (Å²) in [5.74, 6) is 1.21. The monoisotopic (exact) mass is 556 g/mol. The Morgan fingerprint density at radius 1 is 0.946 bits per heavy atom. The molecule has 5 rings (SSSR count). The summed E-state index contributed by atoms with van der Waals surface area (Å²) in [5, 5.41) is 17.5. The van der Waals surface area contributed by atoms with Crippen molar-refractivity contribution in [2.24, 2.45) is 29.6 Å². The number of fused-ring (bicyclic) bond motifs is 1. The minimum absolute atomic E-state index is 0.0631. The van der Waals surface area contributed by atoms with Gasteiger partial charge in [-0.3, -0.25) is 20.2 Å². The van der Waals surface area contributed by atoms with E-state index in [1.54, 1.807) is 18.9 Å². The number of carbonyl (C=O) groups excluding carboxylic acids is 2. The number of alkyl halides is 1. The second-order valence-electron chi connectivity index (χ2n) is 12.1. The van der Waals surface area contributed by atoms with Gasteiger partial charge in [-0.2, -0.15) is 0 Å². The van der Waals surface area contributed by atoms with Gasteiger partial charge >= 0.3 is 0 Å². The number of rotatable bonds is 5. The first-order chi connectivity index (χ1) is 17.7. The van der Waals surface area contributed by atoms with Gasteiger partial charge in [0.1, 0.15) is 5.50 Å². The third-order valence-electron chi connectivity index (χ3n) is 9.44. The van der Waals surface area contributed by atoms with E-state index in [0.717, 1.165) is 45.4 Å². The summed E-state index contributed by atoms with van der Waals surface area (Å²) in [7, 11) is 1.76. The second-order valence-corrected chi connectivity index (χ2v) is 13.9. The molecule has 5 fully saturated rings. The van der Waals surface area contributed by atoms with Crippen LogP contribution in [0.2, 0.25) is 0 Å². The molecule has 5 saturated heterocycles. The second kappa shape index (κ2) is 11.9. The van der Waals surface area contributed by atoms with Crippen LogP contribution in [0.1, 0.15) is 40.0 Å². The third-order valence-corrected chi connectivity index (χ3v) is 11.1. The molecule has 210 valence electrons. The highest BCUT2D eigenvalue weighted by Crippen LogP contribution is 2.39. The van der Waals surface area contributed by atoms with Gasteiger partial charge in [0, 0.05) is 62.6 Å². The summed E-state index contributed by atoms with van der Waals surface area (Å²) in [6, 6.07) is 0.968. The van der Waals surface area contributed by atoms with E-state index in [1.165, 1.54) is 0 Å². The molecule has 5 N–H and O–H groups in total. The van der Waals surface area contributed by atoms with Crippen LogP contribution >= 0.6 is 23.4 Å². The molecular formula is C26H45ClN6O3S. The standard InChI is InChI=1S/C26H45ClN6O3S/c1-13-8-28-14(2)5-16(13)25(35)33-11-20-22(12-33)37-26(31-20)32-24(34)19-9-29-15(3)6-17(19)18-7-23(27)30-10-21(18)36-4/h13-23,26,28-31H,5-12H2,1-4H3,(H,32,34). The largest absolute Gasteiger partial charge is 0.380 e. The maximum atomic E-state index is 13.6. The first kappa shape index (κ1) is 27.9. The number of likely N-dealkylation sites (tertiary alicyclic amines) is 1. The van der Waals surface area contributed by atoms with E-state index < -0.39 is 0 Å². The summed E-state index contributed by atoms with van der Waals surface area (Å²) in [6.45, 7) is 10.3. The Morgan fingerprint density at radius 2 is 1.70 bits per heavy atom. The first-order valence-electron chi connectivity index (χ1n) is 14.1. The number of halogens is 1. The van der Waals surface area contributed by atoms with Crippen LogP contribution in [0.25, 0.3) is 0 Å². The molecule has 0 aliphatic carbocycles. The molecule has 0 saturated carbocycles. The van der Waals surface area contributed by atoms with Crippen molar-refractivity contribution in [1.82, 2.24) is 31.5 Å².